The third-order valence-corrected chi connectivity index (χ3v) is 3.95. The van der Waals surface area contributed by atoms with Gasteiger partial charge in [0.25, 0.3) is 5.91 Å². The number of rotatable bonds is 4. The Hall–Kier alpha value is -2.15. The van der Waals surface area contributed by atoms with E-state index in [2.05, 4.69) is 26.3 Å². The molecule has 0 radical (unpaired) electrons. The maximum atomic E-state index is 12.3. The van der Waals surface area contributed by atoms with Gasteiger partial charge in [-0.25, -0.2) is 4.79 Å². The number of hydrogen-bond donors (Lipinski definition) is 2. The highest BCUT2D eigenvalue weighted by Gasteiger charge is 2.24. The first-order chi connectivity index (χ1) is 9.90. The molecule has 21 heavy (non-hydrogen) atoms. The Balaban J connectivity index is 2.27. The number of benzene rings is 1. The third-order valence-electron chi connectivity index (χ3n) is 3.09. The summed E-state index contributed by atoms with van der Waals surface area (Å²) in [6.45, 7) is 1.79. The van der Waals surface area contributed by atoms with Crippen molar-refractivity contribution in [2.45, 2.75) is 13.0 Å². The summed E-state index contributed by atoms with van der Waals surface area (Å²) >= 11 is 3.35. The van der Waals surface area contributed by atoms with Crippen LogP contribution in [0.25, 0.3) is 0 Å². The number of amides is 1. The average Bonchev–Trinajstić information content (AvgIpc) is 2.84. The Morgan fingerprint density at radius 3 is 2.71 bits per heavy atom. The van der Waals surface area contributed by atoms with E-state index in [9.17, 15) is 14.7 Å². The van der Waals surface area contributed by atoms with Gasteiger partial charge in [-0.2, -0.15) is 5.10 Å². The number of aromatic nitrogens is 2. The van der Waals surface area contributed by atoms with Crippen LogP contribution in [0.4, 0.5) is 0 Å². The second kappa shape index (κ2) is 6.09. The first kappa shape index (κ1) is 15.2. The van der Waals surface area contributed by atoms with Gasteiger partial charge in [-0.05, 0) is 24.6 Å². The van der Waals surface area contributed by atoms with Crippen LogP contribution in [0.1, 0.15) is 27.5 Å². The molecule has 2 rings (SSSR count). The summed E-state index contributed by atoms with van der Waals surface area (Å²) in [6.07, 6.45) is 2.99. The number of carboxylic acids is 1. The molecule has 0 saturated heterocycles. The molecule has 0 bridgehead atoms. The molecule has 2 aromatic rings. The van der Waals surface area contributed by atoms with Gasteiger partial charge in [0.05, 0.1) is 6.20 Å². The average molecular weight is 352 g/mol. The molecule has 110 valence electrons. The number of aliphatic carboxylic acids is 1. The zero-order valence-corrected chi connectivity index (χ0v) is 13.1. The molecule has 0 spiro atoms. The minimum absolute atomic E-state index is 0.422. The molecule has 6 nitrogen and oxygen atoms in total. The van der Waals surface area contributed by atoms with Gasteiger partial charge in [-0.3, -0.25) is 9.48 Å². The van der Waals surface area contributed by atoms with E-state index in [0.717, 1.165) is 10.0 Å². The summed E-state index contributed by atoms with van der Waals surface area (Å²) in [5.74, 6) is -1.57. The van der Waals surface area contributed by atoms with Crippen LogP contribution in [0.5, 0.6) is 0 Å². The number of carboxylic acid groups (broad SMARTS) is 1. The summed E-state index contributed by atoms with van der Waals surface area (Å²) < 4.78 is 2.28. The standard InChI is InChI=1S/C14H14BrN3O3/c1-8-10(4-3-5-11(8)15)13(19)17-12(14(20)21)9-6-16-18(2)7-9/h3-7,12H,1-2H3,(H,17,19)(H,20,21). The monoisotopic (exact) mass is 351 g/mol. The molecule has 1 aromatic carbocycles. The molecular formula is C14H14BrN3O3. The molecule has 0 aliphatic rings. The highest BCUT2D eigenvalue weighted by molar-refractivity contribution is 9.10. The lowest BCUT2D eigenvalue weighted by atomic mass is 10.1. The lowest BCUT2D eigenvalue weighted by Gasteiger charge is -2.14. The Labute approximate surface area is 129 Å². The third kappa shape index (κ3) is 3.30. The summed E-state index contributed by atoms with van der Waals surface area (Å²) in [6, 6.07) is 4.07. The molecule has 0 saturated carbocycles. The van der Waals surface area contributed by atoms with E-state index in [-0.39, 0.29) is 0 Å². The zero-order chi connectivity index (χ0) is 15.6. The summed E-state index contributed by atoms with van der Waals surface area (Å²) in [4.78, 5) is 23.7. The second-order valence-corrected chi connectivity index (χ2v) is 5.46. The van der Waals surface area contributed by atoms with Crippen LogP contribution >= 0.6 is 15.9 Å². The van der Waals surface area contributed by atoms with E-state index in [4.69, 9.17) is 0 Å². The van der Waals surface area contributed by atoms with Crippen LogP contribution in [0.15, 0.2) is 35.1 Å². The van der Waals surface area contributed by atoms with Crippen LogP contribution in [-0.2, 0) is 11.8 Å². The van der Waals surface area contributed by atoms with Crippen molar-refractivity contribution in [3.63, 3.8) is 0 Å². The van der Waals surface area contributed by atoms with Gasteiger partial charge >= 0.3 is 5.97 Å². The summed E-state index contributed by atoms with van der Waals surface area (Å²) in [5.41, 5.74) is 1.61. The molecule has 1 amide bonds. The highest BCUT2D eigenvalue weighted by Crippen LogP contribution is 2.20. The Kier molecular flexibility index (Phi) is 4.42. The number of nitrogens with zero attached hydrogens (tertiary/aromatic N) is 2. The Bertz CT molecular complexity index is 697. The van der Waals surface area contributed by atoms with Crippen molar-refractivity contribution < 1.29 is 14.7 Å². The summed E-state index contributed by atoms with van der Waals surface area (Å²) in [5, 5.41) is 15.7. The molecular weight excluding hydrogens is 338 g/mol. The summed E-state index contributed by atoms with van der Waals surface area (Å²) in [7, 11) is 1.68. The minimum Gasteiger partial charge on any atom is -0.479 e. The first-order valence-electron chi connectivity index (χ1n) is 6.17. The van der Waals surface area contributed by atoms with Gasteiger partial charge in [-0.1, -0.05) is 22.0 Å². The fraction of sp³-hybridized carbons (Fsp3) is 0.214. The molecule has 1 unspecified atom stereocenters. The lowest BCUT2D eigenvalue weighted by molar-refractivity contribution is -0.139. The number of nitrogens with one attached hydrogen (secondary N) is 1. The van der Waals surface area contributed by atoms with Gasteiger partial charge in [0.15, 0.2) is 6.04 Å². The smallest absolute Gasteiger partial charge is 0.331 e. The minimum atomic E-state index is -1.14. The van der Waals surface area contributed by atoms with Gasteiger partial charge in [0.1, 0.15) is 0 Å². The van der Waals surface area contributed by atoms with Crippen molar-refractivity contribution in [1.82, 2.24) is 15.1 Å². The number of halogens is 1. The van der Waals surface area contributed by atoms with Crippen molar-refractivity contribution in [3.8, 4) is 0 Å². The van der Waals surface area contributed by atoms with E-state index in [1.807, 2.05) is 6.07 Å². The van der Waals surface area contributed by atoms with Crippen molar-refractivity contribution in [3.05, 3.63) is 51.8 Å². The highest BCUT2D eigenvalue weighted by atomic mass is 79.9. The van der Waals surface area contributed by atoms with Gasteiger partial charge in [-0.15, -0.1) is 0 Å². The van der Waals surface area contributed by atoms with E-state index in [1.165, 1.54) is 10.9 Å². The molecule has 2 N–H and O–H groups in total. The van der Waals surface area contributed by atoms with Crippen LogP contribution in [0.3, 0.4) is 0 Å². The molecule has 1 aromatic heterocycles. The number of carbonyl (C=O) groups excluding carboxylic acids is 1. The lowest BCUT2D eigenvalue weighted by Crippen LogP contribution is -2.34. The molecule has 0 aliphatic heterocycles. The van der Waals surface area contributed by atoms with Crippen molar-refractivity contribution in [1.29, 1.82) is 0 Å². The quantitative estimate of drug-likeness (QED) is 0.882. The van der Waals surface area contributed by atoms with E-state index < -0.39 is 17.9 Å². The zero-order valence-electron chi connectivity index (χ0n) is 11.5. The molecule has 0 fully saturated rings. The largest absolute Gasteiger partial charge is 0.479 e. The van der Waals surface area contributed by atoms with Crippen LogP contribution < -0.4 is 5.32 Å². The van der Waals surface area contributed by atoms with Crippen molar-refractivity contribution in [2.24, 2.45) is 7.05 Å². The molecule has 1 atom stereocenters. The van der Waals surface area contributed by atoms with Crippen LogP contribution in [0, 0.1) is 6.92 Å². The normalized spacial score (nSPS) is 12.0. The van der Waals surface area contributed by atoms with Crippen molar-refractivity contribution in [2.75, 3.05) is 0 Å². The SMILES string of the molecule is Cc1c(Br)cccc1C(=O)NC(C(=O)O)c1cnn(C)c1. The molecule has 7 heteroatoms. The van der Waals surface area contributed by atoms with E-state index in [1.54, 1.807) is 32.3 Å². The maximum absolute atomic E-state index is 12.3. The van der Waals surface area contributed by atoms with Crippen molar-refractivity contribution >= 4 is 27.8 Å². The predicted molar refractivity (Wildman–Crippen MR) is 79.9 cm³/mol. The van der Waals surface area contributed by atoms with Gasteiger partial charge in [0, 0.05) is 28.8 Å². The van der Waals surface area contributed by atoms with Gasteiger partial charge in [0.2, 0.25) is 0 Å². The number of hydrogen-bond acceptors (Lipinski definition) is 3. The van der Waals surface area contributed by atoms with Crippen LogP contribution in [0.2, 0.25) is 0 Å². The molecule has 1 heterocycles. The van der Waals surface area contributed by atoms with Gasteiger partial charge < -0.3 is 10.4 Å². The van der Waals surface area contributed by atoms with Crippen LogP contribution in [-0.4, -0.2) is 26.8 Å². The first-order valence-corrected chi connectivity index (χ1v) is 6.96. The fourth-order valence-corrected chi connectivity index (χ4v) is 2.31. The maximum Gasteiger partial charge on any atom is 0.331 e. The Morgan fingerprint density at radius 1 is 1.43 bits per heavy atom. The Morgan fingerprint density at radius 2 is 2.14 bits per heavy atom. The number of aryl methyl sites for hydroxylation is 1. The number of carbonyl (C=O) groups is 2. The van der Waals surface area contributed by atoms with E-state index >= 15 is 0 Å². The topological polar surface area (TPSA) is 84.2 Å². The fourth-order valence-electron chi connectivity index (χ4n) is 1.94. The van der Waals surface area contributed by atoms with E-state index in [0.29, 0.717) is 11.1 Å². The second-order valence-electron chi connectivity index (χ2n) is 4.60. The molecule has 0 aliphatic carbocycles. The predicted octanol–water partition coefficient (Wildman–Crippen LogP) is 2.05.